The molecule has 0 aliphatic carbocycles. The maximum absolute atomic E-state index is 13.3. The van der Waals surface area contributed by atoms with Crippen molar-refractivity contribution in [3.8, 4) is 5.75 Å². The average Bonchev–Trinajstić information content (AvgIpc) is 3.47. The number of hydrogen-bond donors (Lipinski definition) is 1. The number of fused-ring (bicyclic) bond motifs is 1. The first kappa shape index (κ1) is 22.5. The Hall–Kier alpha value is -3.65. The Labute approximate surface area is 195 Å². The van der Waals surface area contributed by atoms with Crippen LogP contribution in [-0.4, -0.2) is 31.5 Å². The van der Waals surface area contributed by atoms with Crippen LogP contribution in [0.5, 0.6) is 5.75 Å². The number of methoxy groups -OCH3 is 1. The van der Waals surface area contributed by atoms with Gasteiger partial charge in [0.05, 0.1) is 43.9 Å². The van der Waals surface area contributed by atoms with E-state index in [1.807, 2.05) is 35.7 Å². The van der Waals surface area contributed by atoms with Crippen LogP contribution in [0.25, 0.3) is 0 Å². The van der Waals surface area contributed by atoms with Gasteiger partial charge in [-0.05, 0) is 54.3 Å². The van der Waals surface area contributed by atoms with Crippen LogP contribution in [0.15, 0.2) is 60.0 Å². The molecule has 0 radical (unpaired) electrons. The SMILES string of the molecule is CCOC(=O)C[C@@H](NC(=O)c1cccc2c1C(=O)N(c1ccc(OC)cc1)C2)c1cccs1. The summed E-state index contributed by atoms with van der Waals surface area (Å²) < 4.78 is 10.3. The summed E-state index contributed by atoms with van der Waals surface area (Å²) in [6.07, 6.45) is 0.0149. The van der Waals surface area contributed by atoms with Gasteiger partial charge in [-0.1, -0.05) is 18.2 Å². The molecule has 33 heavy (non-hydrogen) atoms. The van der Waals surface area contributed by atoms with E-state index in [9.17, 15) is 14.4 Å². The molecule has 8 heteroatoms. The van der Waals surface area contributed by atoms with Crippen molar-refractivity contribution in [3.05, 3.63) is 81.5 Å². The van der Waals surface area contributed by atoms with E-state index >= 15 is 0 Å². The van der Waals surface area contributed by atoms with E-state index in [-0.39, 0.29) is 18.9 Å². The molecule has 1 aliphatic heterocycles. The monoisotopic (exact) mass is 464 g/mol. The molecule has 1 atom stereocenters. The van der Waals surface area contributed by atoms with Crippen LogP contribution >= 0.6 is 11.3 Å². The number of nitrogens with zero attached hydrogens (tertiary/aromatic N) is 1. The molecule has 0 saturated carbocycles. The van der Waals surface area contributed by atoms with Crippen molar-refractivity contribution in [1.82, 2.24) is 5.32 Å². The Morgan fingerprint density at radius 1 is 1.12 bits per heavy atom. The van der Waals surface area contributed by atoms with Crippen molar-refractivity contribution in [2.24, 2.45) is 0 Å². The van der Waals surface area contributed by atoms with E-state index in [2.05, 4.69) is 5.32 Å². The maximum atomic E-state index is 13.3. The van der Waals surface area contributed by atoms with E-state index in [0.29, 0.717) is 23.4 Å². The summed E-state index contributed by atoms with van der Waals surface area (Å²) in [6.45, 7) is 2.38. The first-order chi connectivity index (χ1) is 16.0. The van der Waals surface area contributed by atoms with Gasteiger partial charge in [-0.2, -0.15) is 0 Å². The van der Waals surface area contributed by atoms with Gasteiger partial charge in [-0.3, -0.25) is 14.4 Å². The molecule has 1 aromatic heterocycles. The van der Waals surface area contributed by atoms with E-state index in [1.165, 1.54) is 11.3 Å². The number of esters is 1. The highest BCUT2D eigenvalue weighted by Crippen LogP contribution is 2.32. The number of rotatable bonds is 8. The Bertz CT molecular complexity index is 1160. The molecule has 1 N–H and O–H groups in total. The molecule has 7 nitrogen and oxygen atoms in total. The van der Waals surface area contributed by atoms with Crippen LogP contribution in [-0.2, 0) is 16.1 Å². The van der Waals surface area contributed by atoms with Crippen molar-refractivity contribution in [2.75, 3.05) is 18.6 Å². The topological polar surface area (TPSA) is 84.9 Å². The number of nitrogens with one attached hydrogen (secondary N) is 1. The van der Waals surface area contributed by atoms with Crippen LogP contribution in [0.4, 0.5) is 5.69 Å². The fourth-order valence-electron chi connectivity index (χ4n) is 3.86. The zero-order valence-corrected chi connectivity index (χ0v) is 19.2. The van der Waals surface area contributed by atoms with E-state index in [4.69, 9.17) is 9.47 Å². The highest BCUT2D eigenvalue weighted by molar-refractivity contribution is 7.10. The first-order valence-corrected chi connectivity index (χ1v) is 11.5. The molecule has 170 valence electrons. The number of ether oxygens (including phenoxy) is 2. The summed E-state index contributed by atoms with van der Waals surface area (Å²) >= 11 is 1.45. The van der Waals surface area contributed by atoms with Crippen LogP contribution in [0.3, 0.4) is 0 Å². The Balaban J connectivity index is 1.58. The summed E-state index contributed by atoms with van der Waals surface area (Å²) in [4.78, 5) is 41.2. The standard InChI is InChI=1S/C25H24N2O5S/c1-3-32-22(28)14-20(21-8-5-13-33-21)26-24(29)19-7-4-6-16-15-27(25(30)23(16)19)17-9-11-18(31-2)12-10-17/h4-13,20H,3,14-15H2,1-2H3,(H,26,29)/t20-/m1/s1. The van der Waals surface area contributed by atoms with Gasteiger partial charge in [0.25, 0.3) is 11.8 Å². The van der Waals surface area contributed by atoms with E-state index < -0.39 is 17.9 Å². The summed E-state index contributed by atoms with van der Waals surface area (Å²) in [6, 6.07) is 15.7. The van der Waals surface area contributed by atoms with Crippen LogP contribution < -0.4 is 15.0 Å². The van der Waals surface area contributed by atoms with Gasteiger partial charge in [0.1, 0.15) is 5.75 Å². The molecular formula is C25H24N2O5S. The van der Waals surface area contributed by atoms with Gasteiger partial charge in [0, 0.05) is 10.6 Å². The molecule has 2 amide bonds. The Kier molecular flexibility index (Phi) is 6.74. The normalized spacial score (nSPS) is 13.4. The summed E-state index contributed by atoms with van der Waals surface area (Å²) in [5.41, 5.74) is 2.18. The molecule has 1 aliphatic rings. The van der Waals surface area contributed by atoms with Crippen molar-refractivity contribution < 1.29 is 23.9 Å². The van der Waals surface area contributed by atoms with Gasteiger partial charge in [0.2, 0.25) is 0 Å². The first-order valence-electron chi connectivity index (χ1n) is 10.6. The number of carbonyl (C=O) groups is 3. The largest absolute Gasteiger partial charge is 0.497 e. The lowest BCUT2D eigenvalue weighted by Crippen LogP contribution is -2.32. The van der Waals surface area contributed by atoms with Gasteiger partial charge in [-0.25, -0.2) is 0 Å². The Morgan fingerprint density at radius 3 is 2.58 bits per heavy atom. The fourth-order valence-corrected chi connectivity index (χ4v) is 4.63. The molecule has 4 rings (SSSR count). The molecular weight excluding hydrogens is 440 g/mol. The van der Waals surface area contributed by atoms with E-state index in [0.717, 1.165) is 16.1 Å². The summed E-state index contributed by atoms with van der Waals surface area (Å²) in [5.74, 6) is -0.334. The molecule has 0 bridgehead atoms. The summed E-state index contributed by atoms with van der Waals surface area (Å²) in [7, 11) is 1.59. The molecule has 2 heterocycles. The van der Waals surface area contributed by atoms with Crippen molar-refractivity contribution in [3.63, 3.8) is 0 Å². The highest BCUT2D eigenvalue weighted by Gasteiger charge is 2.33. The van der Waals surface area contributed by atoms with Gasteiger partial charge >= 0.3 is 5.97 Å². The minimum absolute atomic E-state index is 0.0149. The van der Waals surface area contributed by atoms with Crippen molar-refractivity contribution in [2.45, 2.75) is 25.9 Å². The molecule has 2 aromatic carbocycles. The molecule has 0 unspecified atom stereocenters. The van der Waals surface area contributed by atoms with Crippen LogP contribution in [0.1, 0.15) is 50.5 Å². The second-order valence-electron chi connectivity index (χ2n) is 7.48. The fraction of sp³-hybridized carbons (Fsp3) is 0.240. The highest BCUT2D eigenvalue weighted by atomic mass is 32.1. The smallest absolute Gasteiger partial charge is 0.308 e. The number of amides is 2. The van der Waals surface area contributed by atoms with Crippen molar-refractivity contribution >= 4 is 34.8 Å². The van der Waals surface area contributed by atoms with E-state index in [1.54, 1.807) is 43.2 Å². The van der Waals surface area contributed by atoms with Crippen LogP contribution in [0.2, 0.25) is 0 Å². The number of anilines is 1. The lowest BCUT2D eigenvalue weighted by molar-refractivity contribution is -0.143. The number of benzene rings is 2. The third-order valence-corrected chi connectivity index (χ3v) is 6.42. The second kappa shape index (κ2) is 9.87. The van der Waals surface area contributed by atoms with Gasteiger partial charge in [0.15, 0.2) is 0 Å². The second-order valence-corrected chi connectivity index (χ2v) is 8.46. The minimum atomic E-state index is -0.540. The molecule has 0 saturated heterocycles. The van der Waals surface area contributed by atoms with Gasteiger partial charge in [-0.15, -0.1) is 11.3 Å². The quantitative estimate of drug-likeness (QED) is 0.501. The number of hydrogen-bond acceptors (Lipinski definition) is 6. The maximum Gasteiger partial charge on any atom is 0.308 e. The summed E-state index contributed by atoms with van der Waals surface area (Å²) in [5, 5.41) is 4.81. The zero-order valence-electron chi connectivity index (χ0n) is 18.4. The minimum Gasteiger partial charge on any atom is -0.497 e. The third kappa shape index (κ3) is 4.75. The average molecular weight is 465 g/mol. The Morgan fingerprint density at radius 2 is 1.91 bits per heavy atom. The lowest BCUT2D eigenvalue weighted by atomic mass is 10.0. The zero-order chi connectivity index (χ0) is 23.4. The lowest BCUT2D eigenvalue weighted by Gasteiger charge is -2.18. The predicted molar refractivity (Wildman–Crippen MR) is 126 cm³/mol. The molecule has 0 fully saturated rings. The molecule has 0 spiro atoms. The van der Waals surface area contributed by atoms with Crippen molar-refractivity contribution in [1.29, 1.82) is 0 Å². The predicted octanol–water partition coefficient (Wildman–Crippen LogP) is 4.34. The number of thiophene rings is 1. The third-order valence-electron chi connectivity index (χ3n) is 5.44. The molecule has 3 aromatic rings. The van der Waals surface area contributed by atoms with Crippen LogP contribution in [0, 0.1) is 0 Å². The number of carbonyl (C=O) groups excluding carboxylic acids is 3. The van der Waals surface area contributed by atoms with Gasteiger partial charge < -0.3 is 19.7 Å².